The maximum Gasteiger partial charge on any atom is 0.410 e. The molecule has 0 radical (unpaired) electrons. The van der Waals surface area contributed by atoms with Gasteiger partial charge in [0.1, 0.15) is 17.2 Å². The summed E-state index contributed by atoms with van der Waals surface area (Å²) >= 11 is 6.07. The van der Waals surface area contributed by atoms with Crippen molar-refractivity contribution in [1.82, 2.24) is 4.90 Å². The number of hydrogen-bond acceptors (Lipinski definition) is 3. The first-order valence-electron chi connectivity index (χ1n) is 7.60. The number of ether oxygens (including phenoxy) is 1. The smallest absolute Gasteiger partial charge is 0.410 e. The Morgan fingerprint density at radius 1 is 1.43 bits per heavy atom. The molecule has 0 N–H and O–H groups in total. The second kappa shape index (κ2) is 6.87. The summed E-state index contributed by atoms with van der Waals surface area (Å²) < 4.78 is 18.7. The lowest BCUT2D eigenvalue weighted by atomic mass is 9.90. The van der Waals surface area contributed by atoms with E-state index in [0.717, 1.165) is 0 Å². The molecule has 4 nitrogen and oxygen atoms in total. The molecule has 1 heterocycles. The summed E-state index contributed by atoms with van der Waals surface area (Å²) in [7, 11) is 0. The van der Waals surface area contributed by atoms with Gasteiger partial charge >= 0.3 is 6.09 Å². The summed E-state index contributed by atoms with van der Waals surface area (Å²) in [5.74, 6) is -0.725. The lowest BCUT2D eigenvalue weighted by Crippen LogP contribution is -2.46. The third-order valence-corrected chi connectivity index (χ3v) is 4.02. The van der Waals surface area contributed by atoms with E-state index in [4.69, 9.17) is 16.3 Å². The zero-order chi connectivity index (χ0) is 17.2. The van der Waals surface area contributed by atoms with Gasteiger partial charge in [-0.3, -0.25) is 4.79 Å². The van der Waals surface area contributed by atoms with Gasteiger partial charge in [0.2, 0.25) is 0 Å². The third kappa shape index (κ3) is 4.93. The largest absolute Gasteiger partial charge is 0.444 e. The van der Waals surface area contributed by atoms with Crippen LogP contribution in [-0.2, 0) is 16.0 Å². The summed E-state index contributed by atoms with van der Waals surface area (Å²) in [6.45, 7) is 6.00. The molecule has 2 rings (SSSR count). The van der Waals surface area contributed by atoms with E-state index in [2.05, 4.69) is 0 Å². The Bertz CT molecular complexity index is 612. The fourth-order valence-electron chi connectivity index (χ4n) is 2.54. The van der Waals surface area contributed by atoms with Crippen molar-refractivity contribution in [3.05, 3.63) is 34.6 Å². The second-order valence-corrected chi connectivity index (χ2v) is 7.19. The summed E-state index contributed by atoms with van der Waals surface area (Å²) in [6, 6.07) is 4.09. The maximum atomic E-state index is 13.4. The molecule has 0 bridgehead atoms. The molecule has 6 heteroatoms. The summed E-state index contributed by atoms with van der Waals surface area (Å²) in [5, 5.41) is 0.425. The second-order valence-electron chi connectivity index (χ2n) is 6.78. The molecule has 1 saturated heterocycles. The van der Waals surface area contributed by atoms with Crippen LogP contribution in [0.5, 0.6) is 0 Å². The van der Waals surface area contributed by atoms with Gasteiger partial charge in [-0.1, -0.05) is 11.6 Å². The van der Waals surface area contributed by atoms with Gasteiger partial charge < -0.3 is 9.64 Å². The first-order chi connectivity index (χ1) is 10.7. The molecule has 0 aliphatic carbocycles. The van der Waals surface area contributed by atoms with Crippen molar-refractivity contribution in [2.75, 3.05) is 13.1 Å². The van der Waals surface area contributed by atoms with Crippen LogP contribution in [0.15, 0.2) is 18.2 Å². The fraction of sp³-hybridized carbons (Fsp3) is 0.529. The molecule has 0 spiro atoms. The van der Waals surface area contributed by atoms with E-state index in [-0.39, 0.29) is 18.7 Å². The van der Waals surface area contributed by atoms with Gasteiger partial charge in [0.25, 0.3) is 0 Å². The molecule has 0 saturated carbocycles. The fourth-order valence-corrected chi connectivity index (χ4v) is 2.74. The average molecular weight is 342 g/mol. The zero-order valence-electron chi connectivity index (χ0n) is 13.6. The number of piperidine rings is 1. The van der Waals surface area contributed by atoms with Crippen molar-refractivity contribution < 1.29 is 18.7 Å². The van der Waals surface area contributed by atoms with Crippen LogP contribution in [-0.4, -0.2) is 35.5 Å². The molecule has 1 aliphatic heterocycles. The van der Waals surface area contributed by atoms with Crippen LogP contribution < -0.4 is 0 Å². The molecule has 23 heavy (non-hydrogen) atoms. The first-order valence-corrected chi connectivity index (χ1v) is 7.98. The number of ketones is 1. The third-order valence-electron chi connectivity index (χ3n) is 3.65. The van der Waals surface area contributed by atoms with Gasteiger partial charge in [0.05, 0.1) is 0 Å². The van der Waals surface area contributed by atoms with Gasteiger partial charge in [-0.05, 0) is 51.0 Å². The Balaban J connectivity index is 2.08. The standard InChI is InChI=1S/C17H21ClFNO3/c1-17(2,3)23-16(22)20-7-6-15(21)12(10-20)8-11-9-13(19)4-5-14(11)18/h4-5,9,12H,6-8,10H2,1-3H3. The zero-order valence-corrected chi connectivity index (χ0v) is 14.3. The van der Waals surface area contributed by atoms with Crippen molar-refractivity contribution in [3.8, 4) is 0 Å². The summed E-state index contributed by atoms with van der Waals surface area (Å²) in [6.07, 6.45) is 0.159. The van der Waals surface area contributed by atoms with E-state index in [0.29, 0.717) is 23.6 Å². The van der Waals surface area contributed by atoms with Crippen molar-refractivity contribution in [1.29, 1.82) is 0 Å². The number of halogens is 2. The topological polar surface area (TPSA) is 46.6 Å². The SMILES string of the molecule is CC(C)(C)OC(=O)N1CCC(=O)C(Cc2cc(F)ccc2Cl)C1. The minimum Gasteiger partial charge on any atom is -0.444 e. The molecule has 1 unspecified atom stereocenters. The van der Waals surface area contributed by atoms with Crippen molar-refractivity contribution in [2.45, 2.75) is 39.2 Å². The Hall–Kier alpha value is -1.62. The molecule has 1 aromatic carbocycles. The Kier molecular flexibility index (Phi) is 5.30. The number of nitrogens with zero attached hydrogens (tertiary/aromatic N) is 1. The highest BCUT2D eigenvalue weighted by Gasteiger charge is 2.32. The van der Waals surface area contributed by atoms with Crippen LogP contribution in [0, 0.1) is 11.7 Å². The van der Waals surface area contributed by atoms with Gasteiger partial charge in [0.15, 0.2) is 0 Å². The number of carbonyl (C=O) groups is 2. The number of rotatable bonds is 2. The quantitative estimate of drug-likeness (QED) is 0.821. The molecule has 126 valence electrons. The highest BCUT2D eigenvalue weighted by molar-refractivity contribution is 6.31. The lowest BCUT2D eigenvalue weighted by molar-refractivity contribution is -0.125. The number of likely N-dealkylation sites (tertiary alicyclic amines) is 1. The van der Waals surface area contributed by atoms with Crippen molar-refractivity contribution >= 4 is 23.5 Å². The number of amides is 1. The van der Waals surface area contributed by atoms with Crippen molar-refractivity contribution in [3.63, 3.8) is 0 Å². The number of hydrogen-bond donors (Lipinski definition) is 0. The average Bonchev–Trinajstić information content (AvgIpc) is 2.43. The lowest BCUT2D eigenvalue weighted by Gasteiger charge is -2.33. The van der Waals surface area contributed by atoms with Crippen LogP contribution in [0.25, 0.3) is 0 Å². The van der Waals surface area contributed by atoms with Gasteiger partial charge in [-0.2, -0.15) is 0 Å². The highest BCUT2D eigenvalue weighted by Crippen LogP contribution is 2.25. The molecule has 1 fully saturated rings. The summed E-state index contributed by atoms with van der Waals surface area (Å²) in [4.78, 5) is 25.8. The van der Waals surface area contributed by atoms with Crippen LogP contribution >= 0.6 is 11.6 Å². The van der Waals surface area contributed by atoms with Crippen molar-refractivity contribution in [2.24, 2.45) is 5.92 Å². The minimum absolute atomic E-state index is 0.0603. The number of benzene rings is 1. The molecular formula is C17H21ClFNO3. The van der Waals surface area contributed by atoms with E-state index in [1.807, 2.05) is 0 Å². The molecular weight excluding hydrogens is 321 g/mol. The maximum absolute atomic E-state index is 13.4. The molecule has 1 aromatic rings. The highest BCUT2D eigenvalue weighted by atomic mass is 35.5. The first kappa shape index (κ1) is 17.7. The van der Waals surface area contributed by atoms with Crippen LogP contribution in [0.2, 0.25) is 5.02 Å². The van der Waals surface area contributed by atoms with E-state index in [1.54, 1.807) is 20.8 Å². The predicted molar refractivity (Wildman–Crippen MR) is 86.0 cm³/mol. The predicted octanol–water partition coefficient (Wildman–Crippen LogP) is 3.85. The Morgan fingerprint density at radius 2 is 2.13 bits per heavy atom. The normalized spacial score (nSPS) is 18.9. The van der Waals surface area contributed by atoms with Crippen LogP contribution in [0.1, 0.15) is 32.8 Å². The minimum atomic E-state index is -0.583. The van der Waals surface area contributed by atoms with Gasteiger partial charge in [-0.15, -0.1) is 0 Å². The van der Waals surface area contributed by atoms with E-state index >= 15 is 0 Å². The van der Waals surface area contributed by atoms with E-state index in [9.17, 15) is 14.0 Å². The van der Waals surface area contributed by atoms with Gasteiger partial charge in [-0.25, -0.2) is 9.18 Å². The number of carbonyl (C=O) groups excluding carboxylic acids is 2. The number of Topliss-reactive ketones (excluding diaryl/α,β-unsaturated/α-hetero) is 1. The monoisotopic (exact) mass is 341 g/mol. The van der Waals surface area contributed by atoms with E-state index < -0.39 is 23.4 Å². The Morgan fingerprint density at radius 3 is 2.78 bits per heavy atom. The van der Waals surface area contributed by atoms with Crippen LogP contribution in [0.4, 0.5) is 9.18 Å². The molecule has 1 amide bonds. The molecule has 1 atom stereocenters. The van der Waals surface area contributed by atoms with Crippen LogP contribution in [0.3, 0.4) is 0 Å². The molecule has 1 aliphatic rings. The Labute approximate surface area is 140 Å². The molecule has 0 aromatic heterocycles. The summed E-state index contributed by atoms with van der Waals surface area (Å²) in [5.41, 5.74) is -0.00375. The van der Waals surface area contributed by atoms with E-state index in [1.165, 1.54) is 23.1 Å². The van der Waals surface area contributed by atoms with Gasteiger partial charge in [0, 0.05) is 30.5 Å².